The van der Waals surface area contributed by atoms with Crippen molar-refractivity contribution in [3.8, 4) is 11.1 Å². The van der Waals surface area contributed by atoms with E-state index in [0.29, 0.717) is 23.2 Å². The molecular weight excluding hydrogens is 283 g/mol. The van der Waals surface area contributed by atoms with Gasteiger partial charge in [0.25, 0.3) is 0 Å². The van der Waals surface area contributed by atoms with Crippen LogP contribution in [0.5, 0.6) is 0 Å². The first-order valence-electron chi connectivity index (χ1n) is 7.19. The number of anilines is 3. The first kappa shape index (κ1) is 14.5. The third kappa shape index (κ3) is 2.67. The molecule has 3 rings (SSSR count). The number of hydrogen-bond acceptors (Lipinski definition) is 6. The van der Waals surface area contributed by atoms with Crippen molar-refractivity contribution in [2.45, 2.75) is 12.5 Å². The molecule has 0 bridgehead atoms. The highest BCUT2D eigenvalue weighted by Crippen LogP contribution is 2.35. The Kier molecular flexibility index (Phi) is 3.81. The number of aromatic nitrogens is 2. The standard InChI is InChI=1S/C15H19FN6/c1-19-11-6-7-22(8-11)14-12(13(17)20-15(18)21-14)9-2-4-10(16)5-3-9/h2-5,11,19H,6-8H2,1H3,(H4,17,18,20,21)/t11-/m1/s1. The van der Waals surface area contributed by atoms with Gasteiger partial charge in [-0.3, -0.25) is 0 Å². The molecule has 1 aliphatic rings. The zero-order chi connectivity index (χ0) is 15.7. The third-order valence-electron chi connectivity index (χ3n) is 3.96. The second-order valence-corrected chi connectivity index (χ2v) is 5.39. The van der Waals surface area contributed by atoms with E-state index in [-0.39, 0.29) is 11.8 Å². The average molecular weight is 302 g/mol. The Bertz CT molecular complexity index is 672. The van der Waals surface area contributed by atoms with Crippen LogP contribution in [0.1, 0.15) is 6.42 Å². The summed E-state index contributed by atoms with van der Waals surface area (Å²) in [6.07, 6.45) is 1.02. The lowest BCUT2D eigenvalue weighted by atomic mass is 10.1. The van der Waals surface area contributed by atoms with E-state index < -0.39 is 0 Å². The van der Waals surface area contributed by atoms with Gasteiger partial charge < -0.3 is 21.7 Å². The highest BCUT2D eigenvalue weighted by molar-refractivity contribution is 5.85. The largest absolute Gasteiger partial charge is 0.383 e. The van der Waals surface area contributed by atoms with Crippen LogP contribution in [-0.2, 0) is 0 Å². The van der Waals surface area contributed by atoms with Crippen LogP contribution < -0.4 is 21.7 Å². The lowest BCUT2D eigenvalue weighted by Gasteiger charge is -2.22. The van der Waals surface area contributed by atoms with Crippen molar-refractivity contribution in [3.05, 3.63) is 30.1 Å². The highest BCUT2D eigenvalue weighted by atomic mass is 19.1. The van der Waals surface area contributed by atoms with E-state index >= 15 is 0 Å². The van der Waals surface area contributed by atoms with Gasteiger partial charge in [-0.1, -0.05) is 12.1 Å². The molecule has 1 fully saturated rings. The molecule has 7 heteroatoms. The summed E-state index contributed by atoms with van der Waals surface area (Å²) in [5.41, 5.74) is 13.3. The van der Waals surface area contributed by atoms with Crippen LogP contribution in [0.25, 0.3) is 11.1 Å². The molecule has 0 radical (unpaired) electrons. The van der Waals surface area contributed by atoms with Crippen LogP contribution in [0, 0.1) is 5.82 Å². The molecule has 0 saturated carbocycles. The number of benzene rings is 1. The van der Waals surface area contributed by atoms with E-state index in [2.05, 4.69) is 20.2 Å². The molecule has 0 amide bonds. The Hall–Kier alpha value is -2.41. The molecule has 0 unspecified atom stereocenters. The first-order valence-corrected chi connectivity index (χ1v) is 7.19. The molecule has 5 N–H and O–H groups in total. The van der Waals surface area contributed by atoms with Crippen LogP contribution in [0.3, 0.4) is 0 Å². The maximum absolute atomic E-state index is 13.2. The van der Waals surface area contributed by atoms with E-state index in [1.165, 1.54) is 12.1 Å². The lowest BCUT2D eigenvalue weighted by Crippen LogP contribution is -2.30. The van der Waals surface area contributed by atoms with Gasteiger partial charge in [-0.15, -0.1) is 0 Å². The van der Waals surface area contributed by atoms with Crippen molar-refractivity contribution in [2.75, 3.05) is 36.5 Å². The number of nitrogens with zero attached hydrogens (tertiary/aromatic N) is 3. The normalized spacial score (nSPS) is 17.9. The molecule has 2 aromatic rings. The van der Waals surface area contributed by atoms with Crippen molar-refractivity contribution >= 4 is 17.6 Å². The number of likely N-dealkylation sites (N-methyl/N-ethyl adjacent to an activating group) is 1. The quantitative estimate of drug-likeness (QED) is 0.790. The summed E-state index contributed by atoms with van der Waals surface area (Å²) >= 11 is 0. The van der Waals surface area contributed by atoms with Crippen LogP contribution in [0.15, 0.2) is 24.3 Å². The van der Waals surface area contributed by atoms with Crippen LogP contribution in [0.2, 0.25) is 0 Å². The molecule has 0 spiro atoms. The Morgan fingerprint density at radius 3 is 2.59 bits per heavy atom. The maximum Gasteiger partial charge on any atom is 0.223 e. The van der Waals surface area contributed by atoms with Gasteiger partial charge in [-0.25, -0.2) is 4.39 Å². The van der Waals surface area contributed by atoms with E-state index in [0.717, 1.165) is 25.1 Å². The molecule has 2 heterocycles. The van der Waals surface area contributed by atoms with Crippen LogP contribution in [-0.4, -0.2) is 36.1 Å². The van der Waals surface area contributed by atoms with Crippen LogP contribution >= 0.6 is 0 Å². The molecule has 1 aromatic carbocycles. The summed E-state index contributed by atoms with van der Waals surface area (Å²) in [6, 6.07) is 6.55. The number of hydrogen-bond donors (Lipinski definition) is 3. The second kappa shape index (κ2) is 5.76. The molecular formula is C15H19FN6. The zero-order valence-corrected chi connectivity index (χ0v) is 12.4. The average Bonchev–Trinajstić information content (AvgIpc) is 2.97. The van der Waals surface area contributed by atoms with Gasteiger partial charge in [0.15, 0.2) is 0 Å². The monoisotopic (exact) mass is 302 g/mol. The number of rotatable bonds is 3. The fourth-order valence-electron chi connectivity index (χ4n) is 2.79. The summed E-state index contributed by atoms with van der Waals surface area (Å²) in [6.45, 7) is 1.68. The van der Waals surface area contributed by atoms with Crippen molar-refractivity contribution < 1.29 is 4.39 Å². The summed E-state index contributed by atoms with van der Waals surface area (Å²) < 4.78 is 13.2. The summed E-state index contributed by atoms with van der Waals surface area (Å²) in [5.74, 6) is 0.860. The minimum Gasteiger partial charge on any atom is -0.383 e. The zero-order valence-electron chi connectivity index (χ0n) is 12.4. The van der Waals surface area contributed by atoms with Crippen molar-refractivity contribution in [2.24, 2.45) is 0 Å². The topological polar surface area (TPSA) is 93.1 Å². The maximum atomic E-state index is 13.2. The van der Waals surface area contributed by atoms with Gasteiger partial charge in [0.05, 0.1) is 5.56 Å². The summed E-state index contributed by atoms with van der Waals surface area (Å²) in [7, 11) is 1.94. The van der Waals surface area contributed by atoms with Gasteiger partial charge in [-0.05, 0) is 31.2 Å². The number of halogens is 1. The van der Waals surface area contributed by atoms with E-state index in [1.807, 2.05) is 7.05 Å². The fraction of sp³-hybridized carbons (Fsp3) is 0.333. The van der Waals surface area contributed by atoms with Gasteiger partial charge in [0.2, 0.25) is 5.95 Å². The number of nitrogen functional groups attached to an aromatic ring is 2. The SMILES string of the molecule is CN[C@@H]1CCN(c2nc(N)nc(N)c2-c2ccc(F)cc2)C1. The Morgan fingerprint density at radius 1 is 1.23 bits per heavy atom. The van der Waals surface area contributed by atoms with Gasteiger partial charge in [0, 0.05) is 19.1 Å². The second-order valence-electron chi connectivity index (χ2n) is 5.39. The van der Waals surface area contributed by atoms with E-state index in [1.54, 1.807) is 12.1 Å². The third-order valence-corrected chi connectivity index (χ3v) is 3.96. The summed E-state index contributed by atoms with van der Waals surface area (Å²) in [4.78, 5) is 10.6. The molecule has 1 aliphatic heterocycles. The smallest absolute Gasteiger partial charge is 0.223 e. The highest BCUT2D eigenvalue weighted by Gasteiger charge is 2.26. The minimum atomic E-state index is -0.295. The Morgan fingerprint density at radius 2 is 1.95 bits per heavy atom. The van der Waals surface area contributed by atoms with Crippen molar-refractivity contribution in [1.82, 2.24) is 15.3 Å². The molecule has 22 heavy (non-hydrogen) atoms. The van der Waals surface area contributed by atoms with Crippen LogP contribution in [0.4, 0.5) is 22.0 Å². The minimum absolute atomic E-state index is 0.145. The predicted molar refractivity (Wildman–Crippen MR) is 85.9 cm³/mol. The Labute approximate surface area is 128 Å². The van der Waals surface area contributed by atoms with Gasteiger partial charge in [0.1, 0.15) is 17.5 Å². The molecule has 0 aliphatic carbocycles. The van der Waals surface area contributed by atoms with Gasteiger partial charge in [-0.2, -0.15) is 9.97 Å². The lowest BCUT2D eigenvalue weighted by molar-refractivity contribution is 0.616. The van der Waals surface area contributed by atoms with Crippen molar-refractivity contribution in [3.63, 3.8) is 0 Å². The number of nitrogens with two attached hydrogens (primary N) is 2. The van der Waals surface area contributed by atoms with Gasteiger partial charge >= 0.3 is 0 Å². The Balaban J connectivity index is 2.07. The predicted octanol–water partition coefficient (Wildman–Crippen LogP) is 1.25. The fourth-order valence-corrected chi connectivity index (χ4v) is 2.79. The molecule has 1 saturated heterocycles. The van der Waals surface area contributed by atoms with E-state index in [4.69, 9.17) is 11.5 Å². The van der Waals surface area contributed by atoms with Crippen molar-refractivity contribution in [1.29, 1.82) is 0 Å². The first-order chi connectivity index (χ1) is 10.6. The molecule has 1 atom stereocenters. The molecule has 1 aromatic heterocycles. The number of nitrogens with one attached hydrogen (secondary N) is 1. The summed E-state index contributed by atoms with van der Waals surface area (Å²) in [5, 5.41) is 3.26. The molecule has 116 valence electrons. The van der Waals surface area contributed by atoms with E-state index in [9.17, 15) is 4.39 Å². The molecule has 6 nitrogen and oxygen atoms in total.